The lowest BCUT2D eigenvalue weighted by Gasteiger charge is -2.08. The van der Waals surface area contributed by atoms with E-state index in [1.54, 1.807) is 37.3 Å². The molecule has 1 aromatic heterocycles. The number of hydrogen-bond donors (Lipinski definition) is 2. The van der Waals surface area contributed by atoms with Gasteiger partial charge in [0.05, 0.1) is 34.3 Å². The summed E-state index contributed by atoms with van der Waals surface area (Å²) in [7, 11) is 1.29. The number of rotatable bonds is 7. The second-order valence-corrected chi connectivity index (χ2v) is 8.19. The number of para-hydroxylation sites is 1. The van der Waals surface area contributed by atoms with Crippen LogP contribution >= 0.6 is 23.1 Å². The summed E-state index contributed by atoms with van der Waals surface area (Å²) in [6.07, 6.45) is 0.413. The summed E-state index contributed by atoms with van der Waals surface area (Å²) in [5, 5.41) is 5.56. The minimum Gasteiger partial charge on any atom is -0.465 e. The standard InChI is InChI=1S/C20H19N3O4S2/c1-3-17(24)21-12-8-9-15-16(10-12)29-20(23-15)28-11-18(25)22-14-7-5-4-6-13(14)19(26)27-2/h4-10H,3,11H2,1-2H3,(H,21,24)(H,22,25). The van der Waals surface area contributed by atoms with E-state index in [1.807, 2.05) is 12.1 Å². The van der Waals surface area contributed by atoms with Gasteiger partial charge in [-0.15, -0.1) is 11.3 Å². The molecule has 0 aliphatic rings. The largest absolute Gasteiger partial charge is 0.465 e. The van der Waals surface area contributed by atoms with Gasteiger partial charge in [0.15, 0.2) is 4.34 Å². The minimum atomic E-state index is -0.509. The molecule has 0 fully saturated rings. The molecule has 0 atom stereocenters. The Morgan fingerprint density at radius 2 is 1.90 bits per heavy atom. The molecule has 0 aliphatic carbocycles. The van der Waals surface area contributed by atoms with Crippen molar-refractivity contribution in [1.29, 1.82) is 0 Å². The Morgan fingerprint density at radius 3 is 2.66 bits per heavy atom. The summed E-state index contributed by atoms with van der Waals surface area (Å²) in [6.45, 7) is 1.80. The number of thiazole rings is 1. The Hall–Kier alpha value is -2.91. The molecule has 0 aliphatic heterocycles. The van der Waals surface area contributed by atoms with Crippen molar-refractivity contribution in [3.8, 4) is 0 Å². The molecule has 9 heteroatoms. The van der Waals surface area contributed by atoms with E-state index in [0.29, 0.717) is 17.7 Å². The lowest BCUT2D eigenvalue weighted by Crippen LogP contribution is -2.17. The maximum Gasteiger partial charge on any atom is 0.339 e. The van der Waals surface area contributed by atoms with Gasteiger partial charge in [-0.2, -0.15) is 0 Å². The lowest BCUT2D eigenvalue weighted by atomic mass is 10.2. The Labute approximate surface area is 175 Å². The fraction of sp³-hybridized carbons (Fsp3) is 0.200. The molecular formula is C20H19N3O4S2. The Bertz CT molecular complexity index is 1060. The predicted octanol–water partition coefficient (Wildman–Crippen LogP) is 4.16. The highest BCUT2D eigenvalue weighted by atomic mass is 32.2. The maximum absolute atomic E-state index is 12.3. The minimum absolute atomic E-state index is 0.0487. The summed E-state index contributed by atoms with van der Waals surface area (Å²) in [6, 6.07) is 12.2. The summed E-state index contributed by atoms with van der Waals surface area (Å²) in [5.41, 5.74) is 2.24. The first-order valence-corrected chi connectivity index (χ1v) is 10.6. The SMILES string of the molecule is CCC(=O)Nc1ccc2nc(SCC(=O)Nc3ccccc3C(=O)OC)sc2c1. The smallest absolute Gasteiger partial charge is 0.339 e. The molecule has 0 bridgehead atoms. The van der Waals surface area contributed by atoms with Gasteiger partial charge in [-0.1, -0.05) is 30.8 Å². The van der Waals surface area contributed by atoms with Crippen molar-refractivity contribution in [2.45, 2.75) is 17.7 Å². The van der Waals surface area contributed by atoms with Crippen molar-refractivity contribution < 1.29 is 19.1 Å². The van der Waals surface area contributed by atoms with Gasteiger partial charge in [0.25, 0.3) is 0 Å². The number of anilines is 2. The second-order valence-electron chi connectivity index (χ2n) is 5.94. The van der Waals surface area contributed by atoms with E-state index in [1.165, 1.54) is 30.2 Å². The molecule has 150 valence electrons. The van der Waals surface area contributed by atoms with Crippen LogP contribution in [0.1, 0.15) is 23.7 Å². The number of thioether (sulfide) groups is 1. The zero-order chi connectivity index (χ0) is 20.8. The van der Waals surface area contributed by atoms with Gasteiger partial charge in [-0.3, -0.25) is 9.59 Å². The van der Waals surface area contributed by atoms with Crippen molar-refractivity contribution in [2.24, 2.45) is 0 Å². The van der Waals surface area contributed by atoms with Gasteiger partial charge in [0.1, 0.15) is 0 Å². The highest BCUT2D eigenvalue weighted by Gasteiger charge is 2.14. The van der Waals surface area contributed by atoms with Crippen molar-refractivity contribution in [2.75, 3.05) is 23.5 Å². The molecule has 0 saturated heterocycles. The Morgan fingerprint density at radius 1 is 1.10 bits per heavy atom. The number of carbonyl (C=O) groups is 3. The van der Waals surface area contributed by atoms with E-state index < -0.39 is 5.97 Å². The van der Waals surface area contributed by atoms with E-state index >= 15 is 0 Å². The summed E-state index contributed by atoms with van der Waals surface area (Å²) >= 11 is 2.76. The second kappa shape index (κ2) is 9.53. The number of hydrogen-bond acceptors (Lipinski definition) is 7. The number of aromatic nitrogens is 1. The molecule has 2 amide bonds. The number of ether oxygens (including phenoxy) is 1. The fourth-order valence-corrected chi connectivity index (χ4v) is 4.39. The van der Waals surface area contributed by atoms with Crippen molar-refractivity contribution >= 4 is 62.5 Å². The van der Waals surface area contributed by atoms with Crippen LogP contribution in [0.5, 0.6) is 0 Å². The normalized spacial score (nSPS) is 10.6. The number of benzene rings is 2. The van der Waals surface area contributed by atoms with E-state index in [0.717, 1.165) is 20.2 Å². The molecule has 0 saturated carbocycles. The maximum atomic E-state index is 12.3. The molecule has 0 radical (unpaired) electrons. The number of carbonyl (C=O) groups excluding carboxylic acids is 3. The van der Waals surface area contributed by atoms with Crippen LogP contribution in [0.4, 0.5) is 11.4 Å². The topological polar surface area (TPSA) is 97.4 Å². The van der Waals surface area contributed by atoms with Crippen molar-refractivity contribution in [1.82, 2.24) is 4.98 Å². The van der Waals surface area contributed by atoms with Crippen LogP contribution in [0.2, 0.25) is 0 Å². The van der Waals surface area contributed by atoms with E-state index in [-0.39, 0.29) is 17.6 Å². The summed E-state index contributed by atoms with van der Waals surface area (Å²) in [5.74, 6) is -0.658. The highest BCUT2D eigenvalue weighted by Crippen LogP contribution is 2.31. The quantitative estimate of drug-likeness (QED) is 0.432. The number of methoxy groups -OCH3 is 1. The molecule has 7 nitrogen and oxygen atoms in total. The summed E-state index contributed by atoms with van der Waals surface area (Å²) < 4.78 is 6.41. The van der Waals surface area contributed by atoms with E-state index in [9.17, 15) is 14.4 Å². The first-order chi connectivity index (χ1) is 14.0. The predicted molar refractivity (Wildman–Crippen MR) is 116 cm³/mol. The van der Waals surface area contributed by atoms with Crippen LogP contribution < -0.4 is 10.6 Å². The Kier molecular flexibility index (Phi) is 6.84. The van der Waals surface area contributed by atoms with Crippen LogP contribution in [-0.2, 0) is 14.3 Å². The third-order valence-corrected chi connectivity index (χ3v) is 6.07. The molecule has 29 heavy (non-hydrogen) atoms. The molecule has 0 unspecified atom stereocenters. The zero-order valence-corrected chi connectivity index (χ0v) is 17.5. The number of amides is 2. The van der Waals surface area contributed by atoms with Crippen LogP contribution in [-0.4, -0.2) is 35.6 Å². The van der Waals surface area contributed by atoms with Crippen molar-refractivity contribution in [3.05, 3.63) is 48.0 Å². The monoisotopic (exact) mass is 429 g/mol. The van der Waals surface area contributed by atoms with Gasteiger partial charge in [-0.05, 0) is 30.3 Å². The van der Waals surface area contributed by atoms with E-state index in [4.69, 9.17) is 4.74 Å². The van der Waals surface area contributed by atoms with Crippen molar-refractivity contribution in [3.63, 3.8) is 0 Å². The average Bonchev–Trinajstić information content (AvgIpc) is 3.14. The van der Waals surface area contributed by atoms with Crippen LogP contribution in [0.25, 0.3) is 10.2 Å². The fourth-order valence-electron chi connectivity index (χ4n) is 2.49. The van der Waals surface area contributed by atoms with Gasteiger partial charge in [0.2, 0.25) is 11.8 Å². The van der Waals surface area contributed by atoms with Gasteiger partial charge in [-0.25, -0.2) is 9.78 Å². The molecule has 2 N–H and O–H groups in total. The number of esters is 1. The molecule has 3 rings (SSSR count). The first-order valence-electron chi connectivity index (χ1n) is 8.80. The first kappa shape index (κ1) is 20.8. The van der Waals surface area contributed by atoms with Crippen LogP contribution in [0.15, 0.2) is 46.8 Å². The highest BCUT2D eigenvalue weighted by molar-refractivity contribution is 8.01. The Balaban J connectivity index is 1.64. The lowest BCUT2D eigenvalue weighted by molar-refractivity contribution is -0.116. The van der Waals surface area contributed by atoms with Crippen LogP contribution in [0, 0.1) is 0 Å². The van der Waals surface area contributed by atoms with Gasteiger partial charge < -0.3 is 15.4 Å². The zero-order valence-electron chi connectivity index (χ0n) is 15.9. The number of nitrogens with zero attached hydrogens (tertiary/aromatic N) is 1. The van der Waals surface area contributed by atoms with Gasteiger partial charge in [0, 0.05) is 12.1 Å². The number of nitrogens with one attached hydrogen (secondary N) is 2. The number of fused-ring (bicyclic) bond motifs is 1. The molecule has 1 heterocycles. The molecule has 0 spiro atoms. The molecule has 3 aromatic rings. The average molecular weight is 430 g/mol. The third kappa shape index (κ3) is 5.33. The van der Waals surface area contributed by atoms with E-state index in [2.05, 4.69) is 15.6 Å². The molecular weight excluding hydrogens is 410 g/mol. The summed E-state index contributed by atoms with van der Waals surface area (Å²) in [4.78, 5) is 40.2. The molecule has 2 aromatic carbocycles. The van der Waals surface area contributed by atoms with Crippen LogP contribution in [0.3, 0.4) is 0 Å². The third-order valence-electron chi connectivity index (χ3n) is 3.91. The van der Waals surface area contributed by atoms with Gasteiger partial charge >= 0.3 is 5.97 Å².